The molecule has 0 radical (unpaired) electrons. The van der Waals surface area contributed by atoms with Crippen LogP contribution in [0.4, 0.5) is 5.69 Å². The normalized spacial score (nSPS) is 32.7. The van der Waals surface area contributed by atoms with Gasteiger partial charge in [-0.3, -0.25) is 24.1 Å². The van der Waals surface area contributed by atoms with E-state index in [1.54, 1.807) is 48.5 Å². The Bertz CT molecular complexity index is 1390. The van der Waals surface area contributed by atoms with Gasteiger partial charge in [-0.05, 0) is 76.3 Å². The van der Waals surface area contributed by atoms with Crippen LogP contribution in [0, 0.1) is 29.1 Å². The monoisotopic (exact) mass is 512 g/mol. The number of benzene rings is 2. The first-order chi connectivity index (χ1) is 18.0. The van der Waals surface area contributed by atoms with Gasteiger partial charge in [0.1, 0.15) is 5.75 Å². The number of phenols is 1. The second-order valence-corrected chi connectivity index (χ2v) is 12.3. The Morgan fingerprint density at radius 2 is 1.53 bits per heavy atom. The smallest absolute Gasteiger partial charge is 0.241 e. The van der Waals surface area contributed by atoms with E-state index in [2.05, 4.69) is 0 Å². The van der Waals surface area contributed by atoms with Crippen LogP contribution in [0.25, 0.3) is 0 Å². The quantitative estimate of drug-likeness (QED) is 0.475. The summed E-state index contributed by atoms with van der Waals surface area (Å²) in [4.78, 5) is 58.2. The molecule has 196 valence electrons. The molecule has 1 N–H and O–H groups in total. The Balaban J connectivity index is 1.51. The minimum Gasteiger partial charge on any atom is -0.508 e. The molecule has 0 unspecified atom stereocenters. The van der Waals surface area contributed by atoms with Gasteiger partial charge >= 0.3 is 0 Å². The summed E-state index contributed by atoms with van der Waals surface area (Å²) in [5, 5.41) is 9.98. The van der Waals surface area contributed by atoms with Crippen LogP contribution >= 0.6 is 0 Å². The topological polar surface area (TPSA) is 95.0 Å². The Morgan fingerprint density at radius 3 is 2.16 bits per heavy atom. The average Bonchev–Trinajstić information content (AvgIpc) is 3.25. The van der Waals surface area contributed by atoms with Gasteiger partial charge in [0.05, 0.1) is 28.9 Å². The number of rotatable bonds is 2. The molecule has 4 aliphatic rings. The minimum absolute atomic E-state index is 0.109. The van der Waals surface area contributed by atoms with Gasteiger partial charge in [-0.2, -0.15) is 0 Å². The van der Waals surface area contributed by atoms with Crippen LogP contribution in [0.2, 0.25) is 0 Å². The Labute approximate surface area is 222 Å². The first-order valence-electron chi connectivity index (χ1n) is 13.3. The molecule has 2 heterocycles. The van der Waals surface area contributed by atoms with E-state index in [0.717, 1.165) is 11.1 Å². The summed E-state index contributed by atoms with van der Waals surface area (Å²) < 4.78 is 0. The molecule has 0 spiro atoms. The molecule has 38 heavy (non-hydrogen) atoms. The molecule has 2 aromatic rings. The zero-order valence-corrected chi connectivity index (χ0v) is 22.0. The molecule has 6 atom stereocenters. The maximum Gasteiger partial charge on any atom is 0.241 e. The number of carbonyl (C=O) groups is 4. The fourth-order valence-electron chi connectivity index (χ4n) is 7.55. The van der Waals surface area contributed by atoms with Gasteiger partial charge in [-0.25, -0.2) is 4.90 Å². The van der Waals surface area contributed by atoms with Crippen molar-refractivity contribution in [1.29, 1.82) is 0 Å². The summed E-state index contributed by atoms with van der Waals surface area (Å²) in [6, 6.07) is 15.7. The summed E-state index contributed by atoms with van der Waals surface area (Å²) >= 11 is 0. The maximum absolute atomic E-state index is 14.2. The van der Waals surface area contributed by atoms with E-state index in [-0.39, 0.29) is 35.3 Å². The number of allylic oxidation sites excluding steroid dienone is 2. The van der Waals surface area contributed by atoms with Crippen molar-refractivity contribution in [2.75, 3.05) is 4.90 Å². The number of aromatic hydroxyl groups is 1. The molecule has 2 aliphatic heterocycles. The molecule has 2 saturated heterocycles. The van der Waals surface area contributed by atoms with Crippen LogP contribution in [0.3, 0.4) is 0 Å². The van der Waals surface area contributed by atoms with Crippen molar-refractivity contribution >= 4 is 29.3 Å². The van der Waals surface area contributed by atoms with Crippen LogP contribution in [-0.4, -0.2) is 39.2 Å². The summed E-state index contributed by atoms with van der Waals surface area (Å²) in [6.07, 6.45) is 2.81. The van der Waals surface area contributed by atoms with Gasteiger partial charge in [0.25, 0.3) is 0 Å². The van der Waals surface area contributed by atoms with Crippen LogP contribution in [-0.2, 0) is 19.2 Å². The fraction of sp³-hybridized carbons (Fsp3) is 0.419. The second kappa shape index (κ2) is 8.13. The number of amides is 4. The third-order valence-corrected chi connectivity index (χ3v) is 9.19. The van der Waals surface area contributed by atoms with Gasteiger partial charge < -0.3 is 5.11 Å². The summed E-state index contributed by atoms with van der Waals surface area (Å²) in [5.41, 5.74) is 0.570. The minimum atomic E-state index is -1.07. The van der Waals surface area contributed by atoms with E-state index < -0.39 is 34.6 Å². The van der Waals surface area contributed by atoms with E-state index in [1.165, 1.54) is 9.80 Å². The molecule has 3 fully saturated rings. The Kier molecular flexibility index (Phi) is 5.26. The molecule has 7 nitrogen and oxygen atoms in total. The number of nitrogens with zero attached hydrogens (tertiary/aromatic N) is 2. The Morgan fingerprint density at radius 1 is 0.868 bits per heavy atom. The third kappa shape index (κ3) is 3.20. The van der Waals surface area contributed by atoms with E-state index in [0.29, 0.717) is 18.5 Å². The number of imide groups is 2. The number of anilines is 1. The van der Waals surface area contributed by atoms with Crippen LogP contribution in [0.1, 0.15) is 52.0 Å². The molecular formula is C31H32N2O5. The first-order valence-corrected chi connectivity index (χ1v) is 13.3. The van der Waals surface area contributed by atoms with E-state index in [9.17, 15) is 24.3 Å². The van der Waals surface area contributed by atoms with E-state index in [4.69, 9.17) is 0 Å². The largest absolute Gasteiger partial charge is 0.508 e. The molecule has 0 aromatic heterocycles. The number of fused-ring (bicyclic) bond motifs is 4. The molecule has 2 aliphatic carbocycles. The molecule has 4 amide bonds. The fourth-order valence-corrected chi connectivity index (χ4v) is 7.55. The van der Waals surface area contributed by atoms with Gasteiger partial charge in [0.15, 0.2) is 0 Å². The summed E-state index contributed by atoms with van der Waals surface area (Å²) in [6.45, 7) is 7.46. The van der Waals surface area contributed by atoms with Crippen molar-refractivity contribution in [2.24, 2.45) is 29.1 Å². The van der Waals surface area contributed by atoms with Crippen molar-refractivity contribution in [3.05, 3.63) is 71.8 Å². The van der Waals surface area contributed by atoms with Gasteiger partial charge in [-0.1, -0.05) is 42.0 Å². The predicted molar refractivity (Wildman–Crippen MR) is 141 cm³/mol. The number of likely N-dealkylation sites (tertiary alicyclic amines) is 1. The first kappa shape index (κ1) is 24.6. The second-order valence-electron chi connectivity index (χ2n) is 12.3. The number of hydrogen-bond donors (Lipinski definition) is 1. The number of para-hydroxylation sites is 1. The zero-order chi connectivity index (χ0) is 27.1. The van der Waals surface area contributed by atoms with Crippen molar-refractivity contribution in [2.45, 2.75) is 52.0 Å². The lowest BCUT2D eigenvalue weighted by Crippen LogP contribution is -2.49. The van der Waals surface area contributed by atoms with Crippen molar-refractivity contribution in [1.82, 2.24) is 4.90 Å². The zero-order valence-electron chi connectivity index (χ0n) is 22.0. The molecule has 6 rings (SSSR count). The van der Waals surface area contributed by atoms with Gasteiger partial charge in [0, 0.05) is 11.5 Å². The van der Waals surface area contributed by atoms with Crippen LogP contribution < -0.4 is 4.90 Å². The summed E-state index contributed by atoms with van der Waals surface area (Å²) in [7, 11) is 0. The highest BCUT2D eigenvalue weighted by molar-refractivity contribution is 6.24. The standard InChI is InChI=1S/C31H32N2O5/c1-30(2,3)33-26(35)21-15-14-20-22(24(21)28(33)37)16-23-27(36)32(18-8-6-5-7-9-18)29(38)31(23,4)25(20)17-10-12-19(34)13-11-17/h5-14,21-25,34H,15-16H2,1-4H3/t21-,22+,23-,24-,25-,31+/m0/s1. The van der Waals surface area contributed by atoms with Crippen molar-refractivity contribution in [3.8, 4) is 5.75 Å². The molecule has 1 saturated carbocycles. The van der Waals surface area contributed by atoms with Gasteiger partial charge in [-0.15, -0.1) is 0 Å². The SMILES string of the molecule is CC(C)(C)N1C(=O)[C@H]2[C@H](CC=C3[C@H]2C[C@H]2C(=O)N(c4ccccc4)C(=O)[C@@]2(C)[C@H]3c2ccc(O)cc2)C1=O. The van der Waals surface area contributed by atoms with Crippen LogP contribution in [0.15, 0.2) is 66.2 Å². The highest BCUT2D eigenvalue weighted by atomic mass is 16.3. The highest BCUT2D eigenvalue weighted by Gasteiger charge is 2.67. The average molecular weight is 513 g/mol. The lowest BCUT2D eigenvalue weighted by molar-refractivity contribution is -0.145. The predicted octanol–water partition coefficient (Wildman–Crippen LogP) is 4.42. The lowest BCUT2D eigenvalue weighted by atomic mass is 9.51. The van der Waals surface area contributed by atoms with Gasteiger partial charge in [0.2, 0.25) is 23.6 Å². The molecular weight excluding hydrogens is 480 g/mol. The van der Waals surface area contributed by atoms with Crippen molar-refractivity contribution < 1.29 is 24.3 Å². The Hall–Kier alpha value is -3.74. The maximum atomic E-state index is 14.2. The van der Waals surface area contributed by atoms with E-state index >= 15 is 0 Å². The summed E-state index contributed by atoms with van der Waals surface area (Å²) in [5.74, 6) is -3.23. The number of carbonyl (C=O) groups excluding carboxylic acids is 4. The van der Waals surface area contributed by atoms with E-state index in [1.807, 2.05) is 39.8 Å². The number of phenolic OH excluding ortho intramolecular Hbond substituents is 1. The molecule has 0 bridgehead atoms. The number of hydrogen-bond acceptors (Lipinski definition) is 5. The molecule has 7 heteroatoms. The molecule has 2 aromatic carbocycles. The highest BCUT2D eigenvalue weighted by Crippen LogP contribution is 2.63. The van der Waals surface area contributed by atoms with Crippen molar-refractivity contribution in [3.63, 3.8) is 0 Å². The van der Waals surface area contributed by atoms with Crippen LogP contribution in [0.5, 0.6) is 5.75 Å². The third-order valence-electron chi connectivity index (χ3n) is 9.19. The lowest BCUT2D eigenvalue weighted by Gasteiger charge is -2.49.